The van der Waals surface area contributed by atoms with Crippen molar-refractivity contribution in [2.24, 2.45) is 0 Å². The molecule has 0 atom stereocenters. The van der Waals surface area contributed by atoms with Gasteiger partial charge in [0.25, 0.3) is 11.1 Å². The molecule has 0 saturated heterocycles. The molecular weight excluding hydrogens is 488 g/mol. The molecule has 1 amide bonds. The molecule has 1 heterocycles. The molecule has 0 spiro atoms. The Morgan fingerprint density at radius 2 is 2.00 bits per heavy atom. The molecule has 3 rings (SSSR count). The highest BCUT2D eigenvalue weighted by Crippen LogP contribution is 2.30. The predicted octanol–water partition coefficient (Wildman–Crippen LogP) is 4.16. The molecule has 3 aromatic rings. The van der Waals surface area contributed by atoms with E-state index in [1.165, 1.54) is 27.0 Å². The molecule has 0 saturated carbocycles. The van der Waals surface area contributed by atoms with Gasteiger partial charge in [-0.25, -0.2) is 8.42 Å². The molecule has 0 unspecified atom stereocenters. The molecule has 182 valence electrons. The van der Waals surface area contributed by atoms with Crippen molar-refractivity contribution in [1.82, 2.24) is 9.36 Å². The van der Waals surface area contributed by atoms with Crippen LogP contribution in [-0.2, 0) is 21.2 Å². The summed E-state index contributed by atoms with van der Waals surface area (Å²) in [7, 11) is -2.17. The van der Waals surface area contributed by atoms with Crippen molar-refractivity contribution in [3.05, 3.63) is 64.7 Å². The van der Waals surface area contributed by atoms with E-state index >= 15 is 0 Å². The molecule has 11 heteroatoms. The number of nitriles is 1. The largest absolute Gasteiger partial charge is 0.493 e. The van der Waals surface area contributed by atoms with Gasteiger partial charge in [0.2, 0.25) is 15.0 Å². The molecule has 1 aromatic heterocycles. The van der Waals surface area contributed by atoms with Crippen LogP contribution in [0.5, 0.6) is 11.5 Å². The number of sulfone groups is 1. The van der Waals surface area contributed by atoms with Crippen molar-refractivity contribution in [2.75, 3.05) is 12.4 Å². The lowest BCUT2D eigenvalue weighted by Gasteiger charge is -2.12. The first-order valence-corrected chi connectivity index (χ1v) is 12.8. The van der Waals surface area contributed by atoms with Gasteiger partial charge < -0.3 is 9.47 Å². The van der Waals surface area contributed by atoms with Gasteiger partial charge in [-0.1, -0.05) is 35.9 Å². The number of aryl methyl sites for hydroxylation is 1. The summed E-state index contributed by atoms with van der Waals surface area (Å²) in [6, 6.07) is 14.8. The Kier molecular flexibility index (Phi) is 8.22. The fourth-order valence-electron chi connectivity index (χ4n) is 2.92. The monoisotopic (exact) mass is 512 g/mol. The van der Waals surface area contributed by atoms with Crippen molar-refractivity contribution >= 4 is 38.5 Å². The number of amides is 1. The van der Waals surface area contributed by atoms with E-state index < -0.39 is 21.0 Å². The van der Waals surface area contributed by atoms with Gasteiger partial charge >= 0.3 is 0 Å². The van der Waals surface area contributed by atoms with E-state index in [-0.39, 0.29) is 15.9 Å². The van der Waals surface area contributed by atoms with Gasteiger partial charge in [-0.15, -0.1) is 0 Å². The summed E-state index contributed by atoms with van der Waals surface area (Å²) in [5.74, 6) is 0.217. The number of benzene rings is 2. The average Bonchev–Trinajstić information content (AvgIpc) is 3.30. The van der Waals surface area contributed by atoms with Crippen LogP contribution in [0.3, 0.4) is 0 Å². The first kappa shape index (κ1) is 25.9. The fourth-order valence-corrected chi connectivity index (χ4v) is 4.62. The molecule has 9 nitrogen and oxygen atoms in total. The summed E-state index contributed by atoms with van der Waals surface area (Å²) >= 11 is 0.723. The summed E-state index contributed by atoms with van der Waals surface area (Å²) in [5.41, 5.74) is 2.48. The smallest absolute Gasteiger partial charge is 0.268 e. The molecule has 0 aliphatic rings. The Morgan fingerprint density at radius 1 is 1.23 bits per heavy atom. The number of anilines is 1. The van der Waals surface area contributed by atoms with Gasteiger partial charge in [-0.05, 0) is 50.1 Å². The van der Waals surface area contributed by atoms with Crippen LogP contribution in [0.25, 0.3) is 6.08 Å². The molecule has 0 aliphatic carbocycles. The fraction of sp³-hybridized carbons (Fsp3) is 0.250. The van der Waals surface area contributed by atoms with Crippen LogP contribution in [0.1, 0.15) is 30.5 Å². The minimum atomic E-state index is -3.67. The third-order valence-electron chi connectivity index (χ3n) is 4.84. The highest BCUT2D eigenvalue weighted by molar-refractivity contribution is 7.91. The van der Waals surface area contributed by atoms with Gasteiger partial charge in [0.05, 0.1) is 12.4 Å². The molecular formula is C24H24N4O5S2. The van der Waals surface area contributed by atoms with Crippen molar-refractivity contribution in [3.63, 3.8) is 0 Å². The first-order valence-electron chi connectivity index (χ1n) is 10.5. The van der Waals surface area contributed by atoms with Crippen LogP contribution in [-0.4, -0.2) is 36.0 Å². The SMILES string of the molecule is COc1cc(/C=C(/C#N)C(=O)Nc2nc(S(=O)(=O)C(C)C)ns2)ccc1OCc1cccc(C)c1. The number of nitrogens with zero attached hydrogens (tertiary/aromatic N) is 3. The summed E-state index contributed by atoms with van der Waals surface area (Å²) in [4.78, 5) is 16.5. The Morgan fingerprint density at radius 3 is 2.66 bits per heavy atom. The number of aromatic nitrogens is 2. The Bertz CT molecular complexity index is 1410. The molecule has 0 fully saturated rings. The number of methoxy groups -OCH3 is 1. The van der Waals surface area contributed by atoms with Crippen LogP contribution in [0, 0.1) is 18.3 Å². The van der Waals surface area contributed by atoms with E-state index in [0.29, 0.717) is 23.7 Å². The lowest BCUT2D eigenvalue weighted by atomic mass is 10.1. The number of rotatable bonds is 9. The van der Waals surface area contributed by atoms with E-state index in [9.17, 15) is 18.5 Å². The number of carbonyl (C=O) groups is 1. The van der Waals surface area contributed by atoms with Crippen molar-refractivity contribution in [2.45, 2.75) is 37.8 Å². The van der Waals surface area contributed by atoms with Gasteiger partial charge in [0.1, 0.15) is 18.2 Å². The lowest BCUT2D eigenvalue weighted by molar-refractivity contribution is -0.112. The van der Waals surface area contributed by atoms with Crippen molar-refractivity contribution in [3.8, 4) is 17.6 Å². The van der Waals surface area contributed by atoms with Gasteiger partial charge in [-0.3, -0.25) is 10.1 Å². The zero-order valence-corrected chi connectivity index (χ0v) is 21.2. The molecule has 0 bridgehead atoms. The van der Waals surface area contributed by atoms with Crippen molar-refractivity contribution < 1.29 is 22.7 Å². The summed E-state index contributed by atoms with van der Waals surface area (Å²) in [5, 5.41) is 10.8. The second kappa shape index (κ2) is 11.1. The van der Waals surface area contributed by atoms with E-state index in [1.807, 2.05) is 37.3 Å². The maximum atomic E-state index is 12.6. The summed E-state index contributed by atoms with van der Waals surface area (Å²) in [6.45, 7) is 5.39. The zero-order valence-electron chi connectivity index (χ0n) is 19.6. The Labute approximate surface area is 208 Å². The average molecular weight is 513 g/mol. The second-order valence-electron chi connectivity index (χ2n) is 7.79. The summed E-state index contributed by atoms with van der Waals surface area (Å²) in [6.07, 6.45) is 1.38. The van der Waals surface area contributed by atoms with Gasteiger partial charge in [0, 0.05) is 11.5 Å². The maximum absolute atomic E-state index is 12.6. The molecule has 0 aliphatic heterocycles. The van der Waals surface area contributed by atoms with Crippen LogP contribution < -0.4 is 14.8 Å². The third-order valence-corrected chi connectivity index (χ3v) is 7.52. The minimum absolute atomic E-state index is 0.0205. The topological polar surface area (TPSA) is 131 Å². The third kappa shape index (κ3) is 6.44. The second-order valence-corrected chi connectivity index (χ2v) is 10.9. The normalized spacial score (nSPS) is 11.7. The van der Waals surface area contributed by atoms with Crippen LogP contribution in [0.15, 0.2) is 53.2 Å². The van der Waals surface area contributed by atoms with Gasteiger partial charge in [-0.2, -0.15) is 14.6 Å². The Hall–Kier alpha value is -3.75. The number of ether oxygens (including phenoxy) is 2. The molecule has 0 radical (unpaired) electrons. The van der Waals surface area contributed by atoms with Crippen LogP contribution in [0.4, 0.5) is 5.13 Å². The van der Waals surface area contributed by atoms with E-state index in [4.69, 9.17) is 9.47 Å². The number of nitrogens with one attached hydrogen (secondary N) is 1. The molecule has 35 heavy (non-hydrogen) atoms. The number of hydrogen-bond donors (Lipinski definition) is 1. The van der Waals surface area contributed by atoms with E-state index in [2.05, 4.69) is 14.7 Å². The van der Waals surface area contributed by atoms with Crippen LogP contribution in [0.2, 0.25) is 0 Å². The molecule has 1 N–H and O–H groups in total. The zero-order chi connectivity index (χ0) is 25.6. The predicted molar refractivity (Wildman–Crippen MR) is 133 cm³/mol. The quantitative estimate of drug-likeness (QED) is 0.334. The standard InChI is InChI=1S/C24H24N4O5S2/c1-15(2)35(30,31)24-27-23(34-28-24)26-22(29)19(13-25)11-17-8-9-20(21(12-17)32-4)33-14-18-7-5-6-16(3)10-18/h5-12,15H,14H2,1-4H3,(H,26,27,28,29)/b19-11-. The summed E-state index contributed by atoms with van der Waals surface area (Å²) < 4.78 is 39.4. The maximum Gasteiger partial charge on any atom is 0.268 e. The Balaban J connectivity index is 1.75. The van der Waals surface area contributed by atoms with E-state index in [1.54, 1.807) is 18.2 Å². The first-order chi connectivity index (χ1) is 16.6. The van der Waals surface area contributed by atoms with Crippen molar-refractivity contribution in [1.29, 1.82) is 5.26 Å². The lowest BCUT2D eigenvalue weighted by Crippen LogP contribution is -2.16. The van der Waals surface area contributed by atoms with E-state index in [0.717, 1.165) is 22.7 Å². The highest BCUT2D eigenvalue weighted by Gasteiger charge is 2.25. The highest BCUT2D eigenvalue weighted by atomic mass is 32.2. The van der Waals surface area contributed by atoms with Crippen LogP contribution >= 0.6 is 11.5 Å². The van der Waals surface area contributed by atoms with Gasteiger partial charge in [0.15, 0.2) is 11.5 Å². The molecule has 2 aromatic carbocycles. The number of hydrogen-bond acceptors (Lipinski definition) is 9. The number of carbonyl (C=O) groups excluding carboxylic acids is 1. The minimum Gasteiger partial charge on any atom is -0.493 e.